The number of methoxy groups -OCH3 is 1. The topological polar surface area (TPSA) is 105 Å². The van der Waals surface area contributed by atoms with Crippen molar-refractivity contribution in [2.24, 2.45) is 0 Å². The summed E-state index contributed by atoms with van der Waals surface area (Å²) in [6.45, 7) is 2.04. The summed E-state index contributed by atoms with van der Waals surface area (Å²) in [4.78, 5) is 11.0. The predicted molar refractivity (Wildman–Crippen MR) is 70.6 cm³/mol. The van der Waals surface area contributed by atoms with Crippen molar-refractivity contribution in [2.45, 2.75) is 6.92 Å². The third-order valence-corrected chi connectivity index (χ3v) is 3.32. The summed E-state index contributed by atoms with van der Waals surface area (Å²) in [5.41, 5.74) is 0.646. The average molecular weight is 288 g/mol. The molecule has 0 radical (unpaired) electrons. The van der Waals surface area contributed by atoms with Crippen LogP contribution in [0.3, 0.4) is 0 Å². The molecule has 1 rings (SSSR count). The Bertz CT molecular complexity index is 556. The van der Waals surface area contributed by atoms with Crippen molar-refractivity contribution < 1.29 is 23.1 Å². The van der Waals surface area contributed by atoms with Gasteiger partial charge in [-0.2, -0.15) is 13.1 Å². The highest BCUT2D eigenvalue weighted by Gasteiger charge is 2.15. The molecule has 1 aromatic rings. The van der Waals surface area contributed by atoms with E-state index < -0.39 is 16.2 Å². The first-order valence-corrected chi connectivity index (χ1v) is 6.94. The van der Waals surface area contributed by atoms with Gasteiger partial charge < -0.3 is 9.84 Å². The Labute approximate surface area is 111 Å². The molecule has 1 aromatic carbocycles. The Kier molecular flexibility index (Phi) is 5.28. The molecule has 0 aliphatic heterocycles. The van der Waals surface area contributed by atoms with Gasteiger partial charge in [0.25, 0.3) is 10.2 Å². The van der Waals surface area contributed by atoms with E-state index in [9.17, 15) is 13.2 Å². The van der Waals surface area contributed by atoms with E-state index in [1.54, 1.807) is 13.0 Å². The van der Waals surface area contributed by atoms with Gasteiger partial charge in [0.05, 0.1) is 17.9 Å². The van der Waals surface area contributed by atoms with E-state index in [2.05, 4.69) is 9.44 Å². The monoisotopic (exact) mass is 288 g/mol. The molecule has 0 atom stereocenters. The number of anilines is 1. The van der Waals surface area contributed by atoms with Gasteiger partial charge in [-0.25, -0.2) is 4.79 Å². The molecule has 0 saturated heterocycles. The van der Waals surface area contributed by atoms with Gasteiger partial charge >= 0.3 is 5.97 Å². The Balaban J connectivity index is 2.90. The molecular weight excluding hydrogens is 272 g/mol. The molecule has 0 aromatic heterocycles. The zero-order valence-electron chi connectivity index (χ0n) is 10.6. The first-order chi connectivity index (χ1) is 8.85. The number of rotatable bonds is 7. The smallest absolute Gasteiger partial charge is 0.337 e. The number of hydrogen-bond donors (Lipinski definition) is 3. The summed E-state index contributed by atoms with van der Waals surface area (Å²) in [7, 11) is -2.37. The van der Waals surface area contributed by atoms with Crippen molar-refractivity contribution in [3.05, 3.63) is 29.3 Å². The first kappa shape index (κ1) is 15.4. The summed E-state index contributed by atoms with van der Waals surface area (Å²) < 4.78 is 32.5. The predicted octanol–water partition coefficient (Wildman–Crippen LogP) is 0.586. The van der Waals surface area contributed by atoms with E-state index in [-0.39, 0.29) is 24.4 Å². The molecule has 0 bridgehead atoms. The Morgan fingerprint density at radius 3 is 2.68 bits per heavy atom. The Hall–Kier alpha value is -1.64. The zero-order chi connectivity index (χ0) is 14.5. The molecule has 3 N–H and O–H groups in total. The lowest BCUT2D eigenvalue weighted by molar-refractivity contribution is 0.0698. The van der Waals surface area contributed by atoms with Crippen LogP contribution in [0.1, 0.15) is 15.9 Å². The van der Waals surface area contributed by atoms with E-state index in [1.165, 1.54) is 19.2 Å². The number of aryl methyl sites for hydroxylation is 1. The second kappa shape index (κ2) is 6.50. The summed E-state index contributed by atoms with van der Waals surface area (Å²) in [5, 5.41) is 9.03. The van der Waals surface area contributed by atoms with Crippen molar-refractivity contribution in [2.75, 3.05) is 25.0 Å². The minimum atomic E-state index is -3.82. The maximum atomic E-state index is 11.7. The van der Waals surface area contributed by atoms with Crippen molar-refractivity contribution in [1.82, 2.24) is 4.72 Å². The van der Waals surface area contributed by atoms with Crippen LogP contribution in [-0.2, 0) is 14.9 Å². The summed E-state index contributed by atoms with van der Waals surface area (Å²) in [6.07, 6.45) is 0. The standard InChI is InChI=1S/C11H16N2O5S/c1-8-3-4-10(9(7-8)11(14)15)13-19(16,17)12-5-6-18-2/h3-4,7,12-13H,5-6H2,1-2H3,(H,14,15). The molecule has 0 unspecified atom stereocenters. The molecule has 8 heteroatoms. The van der Waals surface area contributed by atoms with Crippen LogP contribution in [0.25, 0.3) is 0 Å². The van der Waals surface area contributed by atoms with Gasteiger partial charge in [-0.05, 0) is 19.1 Å². The van der Waals surface area contributed by atoms with Gasteiger partial charge in [0.15, 0.2) is 0 Å². The molecule has 19 heavy (non-hydrogen) atoms. The number of carboxylic acid groups (broad SMARTS) is 1. The van der Waals surface area contributed by atoms with E-state index in [1.807, 2.05) is 0 Å². The van der Waals surface area contributed by atoms with Crippen molar-refractivity contribution in [3.63, 3.8) is 0 Å². The van der Waals surface area contributed by atoms with Gasteiger partial charge in [-0.15, -0.1) is 0 Å². The summed E-state index contributed by atoms with van der Waals surface area (Å²) >= 11 is 0. The fourth-order valence-corrected chi connectivity index (χ4v) is 2.27. The molecule has 0 heterocycles. The number of nitrogens with one attached hydrogen (secondary N) is 2. The minimum Gasteiger partial charge on any atom is -0.478 e. The van der Waals surface area contributed by atoms with Gasteiger partial charge in [0.1, 0.15) is 0 Å². The number of benzene rings is 1. The minimum absolute atomic E-state index is 0.0167. The van der Waals surface area contributed by atoms with Crippen LogP contribution in [-0.4, -0.2) is 39.8 Å². The van der Waals surface area contributed by atoms with Crippen LogP contribution in [0.4, 0.5) is 5.69 Å². The third kappa shape index (κ3) is 4.86. The first-order valence-electron chi connectivity index (χ1n) is 5.46. The van der Waals surface area contributed by atoms with Crippen molar-refractivity contribution in [3.8, 4) is 0 Å². The number of hydrogen-bond acceptors (Lipinski definition) is 4. The molecular formula is C11H16N2O5S. The number of carboxylic acids is 1. The molecule has 106 valence electrons. The maximum absolute atomic E-state index is 11.7. The third-order valence-electron chi connectivity index (χ3n) is 2.25. The lowest BCUT2D eigenvalue weighted by atomic mass is 10.1. The fourth-order valence-electron chi connectivity index (χ4n) is 1.38. The van der Waals surface area contributed by atoms with Crippen LogP contribution in [0.15, 0.2) is 18.2 Å². The zero-order valence-corrected chi connectivity index (χ0v) is 11.5. The molecule has 7 nitrogen and oxygen atoms in total. The van der Waals surface area contributed by atoms with Crippen LogP contribution in [0.5, 0.6) is 0 Å². The highest BCUT2D eigenvalue weighted by molar-refractivity contribution is 7.90. The number of carbonyl (C=O) groups is 1. The molecule has 0 aliphatic rings. The van der Waals surface area contributed by atoms with Gasteiger partial charge in [-0.3, -0.25) is 4.72 Å². The molecule has 0 saturated carbocycles. The van der Waals surface area contributed by atoms with Crippen molar-refractivity contribution in [1.29, 1.82) is 0 Å². The molecule has 0 amide bonds. The van der Waals surface area contributed by atoms with E-state index in [0.29, 0.717) is 0 Å². The Morgan fingerprint density at radius 1 is 1.42 bits per heavy atom. The van der Waals surface area contributed by atoms with E-state index >= 15 is 0 Å². The normalized spacial score (nSPS) is 11.3. The highest BCUT2D eigenvalue weighted by atomic mass is 32.2. The van der Waals surface area contributed by atoms with E-state index in [4.69, 9.17) is 9.84 Å². The highest BCUT2D eigenvalue weighted by Crippen LogP contribution is 2.18. The lowest BCUT2D eigenvalue weighted by Crippen LogP contribution is -2.33. The maximum Gasteiger partial charge on any atom is 0.337 e. The summed E-state index contributed by atoms with van der Waals surface area (Å²) in [5.74, 6) is -1.20. The number of ether oxygens (including phenoxy) is 1. The fraction of sp³-hybridized carbons (Fsp3) is 0.364. The van der Waals surface area contributed by atoms with Gasteiger partial charge in [0.2, 0.25) is 0 Å². The van der Waals surface area contributed by atoms with Gasteiger partial charge in [0, 0.05) is 13.7 Å². The van der Waals surface area contributed by atoms with Gasteiger partial charge in [-0.1, -0.05) is 11.6 Å². The Morgan fingerprint density at radius 2 is 2.11 bits per heavy atom. The lowest BCUT2D eigenvalue weighted by Gasteiger charge is -2.11. The average Bonchev–Trinajstić information content (AvgIpc) is 2.31. The van der Waals surface area contributed by atoms with Crippen molar-refractivity contribution >= 4 is 21.9 Å². The SMILES string of the molecule is COCCNS(=O)(=O)Nc1ccc(C)cc1C(=O)O. The van der Waals surface area contributed by atoms with E-state index in [0.717, 1.165) is 5.56 Å². The largest absolute Gasteiger partial charge is 0.478 e. The molecule has 0 fully saturated rings. The summed E-state index contributed by atoms with van der Waals surface area (Å²) in [6, 6.07) is 4.43. The van der Waals surface area contributed by atoms with Crippen LogP contribution < -0.4 is 9.44 Å². The second-order valence-corrected chi connectivity index (χ2v) is 5.35. The van der Waals surface area contributed by atoms with Crippen LogP contribution in [0, 0.1) is 6.92 Å². The second-order valence-electron chi connectivity index (χ2n) is 3.85. The van der Waals surface area contributed by atoms with Crippen LogP contribution >= 0.6 is 0 Å². The molecule has 0 spiro atoms. The quantitative estimate of drug-likeness (QED) is 0.637. The van der Waals surface area contributed by atoms with Crippen LogP contribution in [0.2, 0.25) is 0 Å². The number of aromatic carboxylic acids is 1. The molecule has 0 aliphatic carbocycles.